The molecular weight excluding hydrogens is 294 g/mol. The Morgan fingerprint density at radius 3 is 2.32 bits per heavy atom. The van der Waals surface area contributed by atoms with E-state index in [0.717, 1.165) is 0 Å². The predicted molar refractivity (Wildman–Crippen MR) is 75.3 cm³/mol. The van der Waals surface area contributed by atoms with Crippen molar-refractivity contribution in [2.75, 3.05) is 5.32 Å². The van der Waals surface area contributed by atoms with Crippen molar-refractivity contribution in [1.29, 1.82) is 0 Å². The molecule has 2 rings (SSSR count). The van der Waals surface area contributed by atoms with Crippen molar-refractivity contribution in [3.63, 3.8) is 0 Å². The fourth-order valence-electron chi connectivity index (χ4n) is 1.88. The zero-order valence-electron chi connectivity index (χ0n) is 11.3. The van der Waals surface area contributed by atoms with Crippen LogP contribution in [0.1, 0.15) is 15.9 Å². The number of rotatable bonds is 4. The molecule has 0 aromatic heterocycles. The molecule has 0 saturated heterocycles. The highest BCUT2D eigenvalue weighted by Gasteiger charge is 2.15. The van der Waals surface area contributed by atoms with Crippen LogP contribution in [0, 0.1) is 11.6 Å². The van der Waals surface area contributed by atoms with Crippen molar-refractivity contribution < 1.29 is 23.5 Å². The fraction of sp³-hybridized carbons (Fsp3) is 0.0667. The first kappa shape index (κ1) is 15.4. The number of phenolic OH excluding ortho intramolecular Hbond substituents is 1. The highest BCUT2D eigenvalue weighted by atomic mass is 19.1. The Morgan fingerprint density at radius 1 is 1.14 bits per heavy atom. The van der Waals surface area contributed by atoms with Gasteiger partial charge in [-0.1, -0.05) is 18.2 Å². The molecule has 2 amide bonds. The van der Waals surface area contributed by atoms with E-state index in [1.54, 1.807) is 18.2 Å². The van der Waals surface area contributed by atoms with Gasteiger partial charge in [0, 0.05) is 11.3 Å². The smallest absolute Gasteiger partial charge is 0.255 e. The molecule has 5 nitrogen and oxygen atoms in total. The van der Waals surface area contributed by atoms with Gasteiger partial charge in [-0.2, -0.15) is 0 Å². The molecule has 22 heavy (non-hydrogen) atoms. The van der Waals surface area contributed by atoms with E-state index in [0.29, 0.717) is 23.4 Å². The number of nitrogens with one attached hydrogen (secondary N) is 1. The SMILES string of the molecule is NC(=O)Cc1ccccc1NC(=O)c1cc(F)c(O)c(F)c1. The minimum atomic E-state index is -1.24. The molecule has 114 valence electrons. The van der Waals surface area contributed by atoms with Crippen LogP contribution in [0.4, 0.5) is 14.5 Å². The van der Waals surface area contributed by atoms with E-state index in [1.807, 2.05) is 0 Å². The van der Waals surface area contributed by atoms with Gasteiger partial charge in [-0.25, -0.2) is 8.78 Å². The zero-order valence-corrected chi connectivity index (χ0v) is 11.3. The van der Waals surface area contributed by atoms with Crippen molar-refractivity contribution in [2.45, 2.75) is 6.42 Å². The van der Waals surface area contributed by atoms with Gasteiger partial charge in [-0.3, -0.25) is 9.59 Å². The van der Waals surface area contributed by atoms with Crippen molar-refractivity contribution >= 4 is 17.5 Å². The number of para-hydroxylation sites is 1. The van der Waals surface area contributed by atoms with Gasteiger partial charge in [0.25, 0.3) is 5.91 Å². The number of halogens is 2. The number of primary amides is 1. The third-order valence-electron chi connectivity index (χ3n) is 2.91. The van der Waals surface area contributed by atoms with E-state index in [9.17, 15) is 18.4 Å². The molecule has 0 unspecified atom stereocenters. The maximum absolute atomic E-state index is 13.3. The number of hydrogen-bond acceptors (Lipinski definition) is 3. The van der Waals surface area contributed by atoms with Gasteiger partial charge in [-0.15, -0.1) is 0 Å². The average molecular weight is 306 g/mol. The molecule has 2 aromatic carbocycles. The molecule has 0 aliphatic heterocycles. The van der Waals surface area contributed by atoms with Gasteiger partial charge in [0.1, 0.15) is 0 Å². The molecule has 7 heteroatoms. The van der Waals surface area contributed by atoms with Crippen LogP contribution < -0.4 is 11.1 Å². The van der Waals surface area contributed by atoms with Crippen LogP contribution in [0.15, 0.2) is 36.4 Å². The fourth-order valence-corrected chi connectivity index (χ4v) is 1.88. The lowest BCUT2D eigenvalue weighted by Gasteiger charge is -2.10. The Hall–Kier alpha value is -2.96. The second kappa shape index (κ2) is 6.21. The van der Waals surface area contributed by atoms with E-state index in [4.69, 9.17) is 10.8 Å². The molecule has 0 fully saturated rings. The van der Waals surface area contributed by atoms with Crippen LogP contribution in [-0.2, 0) is 11.2 Å². The molecular formula is C15H12F2N2O3. The number of phenols is 1. The average Bonchev–Trinajstić information content (AvgIpc) is 2.45. The van der Waals surface area contributed by atoms with Gasteiger partial charge >= 0.3 is 0 Å². The Labute approximate surface area is 124 Å². The van der Waals surface area contributed by atoms with Crippen molar-refractivity contribution in [3.05, 3.63) is 59.2 Å². The third kappa shape index (κ3) is 3.38. The van der Waals surface area contributed by atoms with Crippen LogP contribution >= 0.6 is 0 Å². The lowest BCUT2D eigenvalue weighted by atomic mass is 10.1. The van der Waals surface area contributed by atoms with Crippen LogP contribution in [0.25, 0.3) is 0 Å². The number of aromatic hydroxyl groups is 1. The Balaban J connectivity index is 2.28. The molecule has 0 atom stereocenters. The molecule has 0 radical (unpaired) electrons. The number of hydrogen-bond donors (Lipinski definition) is 3. The van der Waals surface area contributed by atoms with E-state index >= 15 is 0 Å². The van der Waals surface area contributed by atoms with Gasteiger partial charge in [0.2, 0.25) is 5.91 Å². The zero-order chi connectivity index (χ0) is 16.3. The summed E-state index contributed by atoms with van der Waals surface area (Å²) >= 11 is 0. The number of carbonyl (C=O) groups excluding carboxylic acids is 2. The predicted octanol–water partition coefficient (Wildman–Crippen LogP) is 1.95. The van der Waals surface area contributed by atoms with E-state index in [-0.39, 0.29) is 12.0 Å². The standard InChI is InChI=1S/C15H12F2N2O3/c16-10-5-9(6-11(17)14(10)21)15(22)19-12-4-2-1-3-8(12)7-13(18)20/h1-6,21H,7H2,(H2,18,20)(H,19,22). The summed E-state index contributed by atoms with van der Waals surface area (Å²) in [6.07, 6.45) is -0.0885. The number of amides is 2. The Bertz CT molecular complexity index is 724. The third-order valence-corrected chi connectivity index (χ3v) is 2.91. The number of anilines is 1. The molecule has 4 N–H and O–H groups in total. The van der Waals surface area contributed by atoms with Crippen LogP contribution in [0.3, 0.4) is 0 Å². The molecule has 0 aliphatic carbocycles. The molecule has 0 aliphatic rings. The topological polar surface area (TPSA) is 92.4 Å². The first-order valence-electron chi connectivity index (χ1n) is 6.24. The van der Waals surface area contributed by atoms with Crippen molar-refractivity contribution in [2.24, 2.45) is 5.73 Å². The quantitative estimate of drug-likeness (QED) is 0.806. The lowest BCUT2D eigenvalue weighted by Crippen LogP contribution is -2.18. The summed E-state index contributed by atoms with van der Waals surface area (Å²) in [6, 6.07) is 7.84. The maximum atomic E-state index is 13.3. The normalized spacial score (nSPS) is 10.3. The van der Waals surface area contributed by atoms with Gasteiger partial charge in [0.05, 0.1) is 6.42 Å². The summed E-state index contributed by atoms with van der Waals surface area (Å²) in [5.74, 6) is -4.99. The van der Waals surface area contributed by atoms with Crippen LogP contribution in [0.2, 0.25) is 0 Å². The molecule has 0 heterocycles. The first-order chi connectivity index (χ1) is 10.4. The summed E-state index contributed by atoms with van der Waals surface area (Å²) in [4.78, 5) is 23.0. The van der Waals surface area contributed by atoms with Crippen LogP contribution in [0.5, 0.6) is 5.75 Å². The summed E-state index contributed by atoms with van der Waals surface area (Å²) < 4.78 is 26.5. The monoisotopic (exact) mass is 306 g/mol. The minimum absolute atomic E-state index is 0.0885. The Morgan fingerprint density at radius 2 is 1.73 bits per heavy atom. The minimum Gasteiger partial charge on any atom is -0.503 e. The number of nitrogens with two attached hydrogens (primary N) is 1. The summed E-state index contributed by atoms with van der Waals surface area (Å²) in [5, 5.41) is 11.5. The van der Waals surface area contributed by atoms with E-state index in [1.165, 1.54) is 6.07 Å². The molecule has 0 spiro atoms. The second-order valence-electron chi connectivity index (χ2n) is 4.54. The van der Waals surface area contributed by atoms with Crippen LogP contribution in [-0.4, -0.2) is 16.9 Å². The second-order valence-corrected chi connectivity index (χ2v) is 4.54. The lowest BCUT2D eigenvalue weighted by molar-refractivity contribution is -0.117. The highest BCUT2D eigenvalue weighted by molar-refractivity contribution is 6.05. The number of carbonyl (C=O) groups is 2. The summed E-state index contributed by atoms with van der Waals surface area (Å²) in [6.45, 7) is 0. The van der Waals surface area contributed by atoms with Gasteiger partial charge < -0.3 is 16.2 Å². The van der Waals surface area contributed by atoms with Gasteiger partial charge in [0.15, 0.2) is 17.4 Å². The first-order valence-corrected chi connectivity index (χ1v) is 6.24. The molecule has 2 aromatic rings. The summed E-state index contributed by atoms with van der Waals surface area (Å²) in [5.41, 5.74) is 5.59. The van der Waals surface area contributed by atoms with Crippen molar-refractivity contribution in [1.82, 2.24) is 0 Å². The maximum Gasteiger partial charge on any atom is 0.255 e. The number of benzene rings is 2. The summed E-state index contributed by atoms with van der Waals surface area (Å²) in [7, 11) is 0. The van der Waals surface area contributed by atoms with Crippen molar-refractivity contribution in [3.8, 4) is 5.75 Å². The Kier molecular flexibility index (Phi) is 4.36. The molecule has 0 saturated carbocycles. The molecule has 0 bridgehead atoms. The highest BCUT2D eigenvalue weighted by Crippen LogP contribution is 2.23. The van der Waals surface area contributed by atoms with E-state index < -0.39 is 29.2 Å². The van der Waals surface area contributed by atoms with E-state index in [2.05, 4.69) is 5.32 Å². The largest absolute Gasteiger partial charge is 0.503 e. The van der Waals surface area contributed by atoms with Gasteiger partial charge in [-0.05, 0) is 23.8 Å².